The largest absolute Gasteiger partial charge is 0.465 e. The summed E-state index contributed by atoms with van der Waals surface area (Å²) in [4.78, 5) is 3.99. The van der Waals surface area contributed by atoms with E-state index >= 15 is 0 Å². The molecular formula is C12H18N4O2. The zero-order chi connectivity index (χ0) is 13.0. The van der Waals surface area contributed by atoms with Gasteiger partial charge in [-0.2, -0.15) is 4.98 Å². The highest BCUT2D eigenvalue weighted by molar-refractivity contribution is 5.16. The van der Waals surface area contributed by atoms with Gasteiger partial charge in [0.05, 0.1) is 6.26 Å². The van der Waals surface area contributed by atoms with Crippen LogP contribution in [-0.2, 0) is 20.2 Å². The second-order valence-electron chi connectivity index (χ2n) is 4.39. The number of furan rings is 1. The zero-order valence-corrected chi connectivity index (χ0v) is 10.9. The highest BCUT2D eigenvalue weighted by Gasteiger charge is 2.09. The summed E-state index contributed by atoms with van der Waals surface area (Å²) < 4.78 is 12.4. The normalized spacial score (nSPS) is 11.1. The highest BCUT2D eigenvalue weighted by Crippen LogP contribution is 2.13. The van der Waals surface area contributed by atoms with Crippen LogP contribution in [-0.4, -0.2) is 20.8 Å². The van der Waals surface area contributed by atoms with Crippen LogP contribution in [0.1, 0.15) is 25.2 Å². The fraction of sp³-hybridized carbons (Fsp3) is 0.500. The smallest absolute Gasteiger partial charge is 0.335 e. The Bertz CT molecular complexity index is 490. The average molecular weight is 250 g/mol. The summed E-state index contributed by atoms with van der Waals surface area (Å²) in [5, 5.41) is 7.38. The van der Waals surface area contributed by atoms with Crippen LogP contribution in [0.5, 0.6) is 6.01 Å². The second kappa shape index (κ2) is 5.68. The fourth-order valence-corrected chi connectivity index (χ4v) is 1.48. The minimum absolute atomic E-state index is 0.339. The molecule has 0 spiro atoms. The van der Waals surface area contributed by atoms with Crippen LogP contribution in [0.25, 0.3) is 0 Å². The van der Waals surface area contributed by atoms with Crippen molar-refractivity contribution in [2.24, 2.45) is 7.05 Å². The van der Waals surface area contributed by atoms with Gasteiger partial charge in [0.2, 0.25) is 0 Å². The van der Waals surface area contributed by atoms with Gasteiger partial charge in [-0.3, -0.25) is 4.68 Å². The van der Waals surface area contributed by atoms with Gasteiger partial charge >= 0.3 is 6.01 Å². The number of ether oxygens (including phenoxy) is 1. The van der Waals surface area contributed by atoms with Crippen LogP contribution in [0.3, 0.4) is 0 Å². The Hall–Kier alpha value is -1.82. The third kappa shape index (κ3) is 3.33. The molecule has 0 saturated heterocycles. The number of rotatable bonds is 6. The SMILES string of the molecule is CC(C)NCc1ccoc1COc1ncn(C)n1. The maximum atomic E-state index is 5.45. The topological polar surface area (TPSA) is 65.1 Å². The molecule has 0 fully saturated rings. The second-order valence-corrected chi connectivity index (χ2v) is 4.39. The summed E-state index contributed by atoms with van der Waals surface area (Å²) >= 11 is 0. The first kappa shape index (κ1) is 12.6. The number of nitrogens with zero attached hydrogens (tertiary/aromatic N) is 3. The molecule has 0 atom stereocenters. The van der Waals surface area contributed by atoms with Gasteiger partial charge in [0.15, 0.2) is 0 Å². The number of hydrogen-bond donors (Lipinski definition) is 1. The van der Waals surface area contributed by atoms with Crippen LogP contribution in [0, 0.1) is 0 Å². The van der Waals surface area contributed by atoms with E-state index in [-0.39, 0.29) is 0 Å². The van der Waals surface area contributed by atoms with Gasteiger partial charge in [-0.15, -0.1) is 5.10 Å². The summed E-state index contributed by atoms with van der Waals surface area (Å²) in [6.45, 7) is 5.32. The molecule has 0 bridgehead atoms. The quantitative estimate of drug-likeness (QED) is 0.841. The lowest BCUT2D eigenvalue weighted by molar-refractivity contribution is 0.247. The minimum atomic E-state index is 0.339. The third-order valence-electron chi connectivity index (χ3n) is 2.45. The molecule has 2 aromatic heterocycles. The lowest BCUT2D eigenvalue weighted by Crippen LogP contribution is -2.22. The number of nitrogens with one attached hydrogen (secondary N) is 1. The van der Waals surface area contributed by atoms with Gasteiger partial charge in [0.25, 0.3) is 0 Å². The van der Waals surface area contributed by atoms with E-state index in [1.807, 2.05) is 6.07 Å². The fourth-order valence-electron chi connectivity index (χ4n) is 1.48. The maximum Gasteiger partial charge on any atom is 0.335 e. The van der Waals surface area contributed by atoms with E-state index in [1.165, 1.54) is 0 Å². The lowest BCUT2D eigenvalue weighted by atomic mass is 10.2. The van der Waals surface area contributed by atoms with Gasteiger partial charge < -0.3 is 14.5 Å². The van der Waals surface area contributed by atoms with Crippen LogP contribution >= 0.6 is 0 Å². The molecule has 0 saturated carbocycles. The first-order chi connectivity index (χ1) is 8.65. The van der Waals surface area contributed by atoms with E-state index in [0.29, 0.717) is 18.7 Å². The molecule has 6 nitrogen and oxygen atoms in total. The van der Waals surface area contributed by atoms with Crippen molar-refractivity contribution in [3.8, 4) is 6.01 Å². The molecule has 0 unspecified atom stereocenters. The molecule has 0 amide bonds. The van der Waals surface area contributed by atoms with Gasteiger partial charge in [-0.05, 0) is 6.07 Å². The Morgan fingerprint density at radius 3 is 3.00 bits per heavy atom. The molecule has 0 aliphatic carbocycles. The molecule has 1 N–H and O–H groups in total. The predicted molar refractivity (Wildman–Crippen MR) is 66.0 cm³/mol. The van der Waals surface area contributed by atoms with Gasteiger partial charge in [0.1, 0.15) is 18.7 Å². The van der Waals surface area contributed by atoms with Crippen molar-refractivity contribution in [1.29, 1.82) is 0 Å². The Labute approximate surface area is 106 Å². The molecular weight excluding hydrogens is 232 g/mol. The Morgan fingerprint density at radius 1 is 1.50 bits per heavy atom. The molecule has 6 heteroatoms. The molecule has 2 heterocycles. The van der Waals surface area contributed by atoms with E-state index in [9.17, 15) is 0 Å². The van der Waals surface area contributed by atoms with Gasteiger partial charge in [-0.1, -0.05) is 13.8 Å². The van der Waals surface area contributed by atoms with Crippen molar-refractivity contribution < 1.29 is 9.15 Å². The van der Waals surface area contributed by atoms with E-state index in [1.54, 1.807) is 24.3 Å². The van der Waals surface area contributed by atoms with Crippen LogP contribution < -0.4 is 10.1 Å². The van der Waals surface area contributed by atoms with E-state index < -0.39 is 0 Å². The number of hydrogen-bond acceptors (Lipinski definition) is 5. The Kier molecular flexibility index (Phi) is 3.99. The molecule has 98 valence electrons. The molecule has 2 rings (SSSR count). The van der Waals surface area contributed by atoms with Crippen molar-refractivity contribution in [2.45, 2.75) is 33.0 Å². The first-order valence-electron chi connectivity index (χ1n) is 5.92. The molecule has 2 aromatic rings. The highest BCUT2D eigenvalue weighted by atomic mass is 16.5. The molecule has 0 aliphatic heterocycles. The summed E-state index contributed by atoms with van der Waals surface area (Å²) in [5.74, 6) is 0.801. The molecule has 18 heavy (non-hydrogen) atoms. The monoisotopic (exact) mass is 250 g/mol. The number of aryl methyl sites for hydroxylation is 1. The van der Waals surface area contributed by atoms with Crippen LogP contribution in [0.15, 0.2) is 23.1 Å². The van der Waals surface area contributed by atoms with Crippen LogP contribution in [0.4, 0.5) is 0 Å². The zero-order valence-electron chi connectivity index (χ0n) is 10.9. The molecule has 0 aromatic carbocycles. The third-order valence-corrected chi connectivity index (χ3v) is 2.45. The van der Waals surface area contributed by atoms with E-state index in [4.69, 9.17) is 9.15 Å². The van der Waals surface area contributed by atoms with Crippen molar-refractivity contribution in [1.82, 2.24) is 20.1 Å². The summed E-state index contributed by atoms with van der Waals surface area (Å²) in [6, 6.07) is 2.74. The average Bonchev–Trinajstić information content (AvgIpc) is 2.92. The number of aromatic nitrogens is 3. The maximum absolute atomic E-state index is 5.45. The first-order valence-corrected chi connectivity index (χ1v) is 5.92. The summed E-state index contributed by atoms with van der Waals surface area (Å²) in [5.41, 5.74) is 1.10. The van der Waals surface area contributed by atoms with E-state index in [2.05, 4.69) is 29.2 Å². The lowest BCUT2D eigenvalue weighted by Gasteiger charge is -2.07. The van der Waals surface area contributed by atoms with Crippen molar-refractivity contribution in [3.05, 3.63) is 30.0 Å². The van der Waals surface area contributed by atoms with Crippen molar-refractivity contribution in [3.63, 3.8) is 0 Å². The standard InChI is InChI=1S/C12H18N4O2/c1-9(2)13-6-10-4-5-17-11(10)7-18-12-14-8-16(3)15-12/h4-5,8-9,13H,6-7H2,1-3H3. The minimum Gasteiger partial charge on any atom is -0.465 e. The van der Waals surface area contributed by atoms with Gasteiger partial charge in [0, 0.05) is 25.2 Å². The summed E-state index contributed by atoms with van der Waals surface area (Å²) in [7, 11) is 1.80. The Balaban J connectivity index is 1.91. The predicted octanol–water partition coefficient (Wildman–Crippen LogP) is 1.49. The van der Waals surface area contributed by atoms with Gasteiger partial charge in [-0.25, -0.2) is 0 Å². The Morgan fingerprint density at radius 2 is 2.33 bits per heavy atom. The summed E-state index contributed by atoms with van der Waals surface area (Å²) in [6.07, 6.45) is 3.26. The van der Waals surface area contributed by atoms with E-state index in [0.717, 1.165) is 17.9 Å². The van der Waals surface area contributed by atoms with Crippen LogP contribution in [0.2, 0.25) is 0 Å². The molecule has 0 radical (unpaired) electrons. The van der Waals surface area contributed by atoms with Crippen molar-refractivity contribution >= 4 is 0 Å². The molecule has 0 aliphatic rings. The van der Waals surface area contributed by atoms with Crippen molar-refractivity contribution in [2.75, 3.05) is 0 Å².